The summed E-state index contributed by atoms with van der Waals surface area (Å²) < 4.78 is 27.6. The highest BCUT2D eigenvalue weighted by atomic mass is 32.2. The molecule has 1 saturated carbocycles. The average Bonchev–Trinajstić information content (AvgIpc) is 2.38. The van der Waals surface area contributed by atoms with E-state index >= 15 is 0 Å². The maximum Gasteiger partial charge on any atom is 0.269 e. The zero-order valence-corrected chi connectivity index (χ0v) is 8.43. The first-order valence-corrected chi connectivity index (χ1v) is 5.91. The predicted molar refractivity (Wildman–Crippen MR) is 47.4 cm³/mol. The molecule has 0 unspecified atom stereocenters. The van der Waals surface area contributed by atoms with Crippen molar-refractivity contribution in [2.75, 3.05) is 0 Å². The van der Waals surface area contributed by atoms with Gasteiger partial charge in [-0.1, -0.05) is 12.8 Å². The predicted octanol–water partition coefficient (Wildman–Crippen LogP) is 1.68. The molecule has 0 aromatic rings. The summed E-state index contributed by atoms with van der Waals surface area (Å²) in [5, 5.41) is -0.418. The van der Waals surface area contributed by atoms with E-state index in [2.05, 4.69) is 0 Å². The maximum absolute atomic E-state index is 11.3. The molecule has 0 heterocycles. The van der Waals surface area contributed by atoms with Crippen molar-refractivity contribution in [2.45, 2.75) is 50.9 Å². The molecule has 1 fully saturated rings. The smallest absolute Gasteiger partial charge is 0.267 e. The molecule has 72 valence electrons. The molecule has 0 aliphatic heterocycles. The zero-order valence-electron chi connectivity index (χ0n) is 7.62. The van der Waals surface area contributed by atoms with Crippen molar-refractivity contribution >= 4 is 10.1 Å². The fourth-order valence-electron chi connectivity index (χ4n) is 1.29. The van der Waals surface area contributed by atoms with Gasteiger partial charge >= 0.3 is 0 Å². The molecule has 3 nitrogen and oxygen atoms in total. The molecule has 0 aromatic carbocycles. The molecule has 0 bridgehead atoms. The van der Waals surface area contributed by atoms with Gasteiger partial charge in [-0.25, -0.2) is 0 Å². The number of hydrogen-bond donors (Lipinski definition) is 0. The van der Waals surface area contributed by atoms with E-state index in [0.29, 0.717) is 0 Å². The van der Waals surface area contributed by atoms with Crippen LogP contribution in [0.1, 0.15) is 39.5 Å². The van der Waals surface area contributed by atoms with Crippen molar-refractivity contribution in [3.8, 4) is 0 Å². The first-order valence-electron chi connectivity index (χ1n) is 4.44. The molecule has 0 atom stereocenters. The highest BCUT2D eigenvalue weighted by molar-refractivity contribution is 7.87. The van der Waals surface area contributed by atoms with Crippen LogP contribution < -0.4 is 0 Å². The molecule has 1 rings (SSSR count). The zero-order chi connectivity index (χ0) is 9.19. The summed E-state index contributed by atoms with van der Waals surface area (Å²) in [5.74, 6) is 0. The lowest BCUT2D eigenvalue weighted by Crippen LogP contribution is -2.22. The Balaban J connectivity index is 2.49. The van der Waals surface area contributed by atoms with Gasteiger partial charge in [-0.15, -0.1) is 0 Å². The number of rotatable bonds is 3. The Bertz CT molecular complexity index is 225. The van der Waals surface area contributed by atoms with E-state index in [4.69, 9.17) is 4.18 Å². The van der Waals surface area contributed by atoms with Gasteiger partial charge in [0.1, 0.15) is 0 Å². The Morgan fingerprint density at radius 3 is 2.17 bits per heavy atom. The third kappa shape index (κ3) is 2.45. The molecule has 0 saturated heterocycles. The minimum atomic E-state index is -3.28. The van der Waals surface area contributed by atoms with Gasteiger partial charge in [0.05, 0.1) is 11.4 Å². The van der Waals surface area contributed by atoms with Gasteiger partial charge < -0.3 is 0 Å². The van der Waals surface area contributed by atoms with E-state index in [1.165, 1.54) is 0 Å². The van der Waals surface area contributed by atoms with Gasteiger partial charge in [0, 0.05) is 0 Å². The third-order valence-corrected chi connectivity index (χ3v) is 3.84. The molecule has 0 spiro atoms. The molecule has 0 aromatic heterocycles. The first-order chi connectivity index (χ1) is 5.52. The van der Waals surface area contributed by atoms with Gasteiger partial charge in [-0.2, -0.15) is 8.42 Å². The minimum Gasteiger partial charge on any atom is -0.267 e. The second kappa shape index (κ2) is 3.75. The lowest BCUT2D eigenvalue weighted by Gasteiger charge is -2.12. The van der Waals surface area contributed by atoms with Crippen LogP contribution in [0.5, 0.6) is 0 Å². The van der Waals surface area contributed by atoms with Crippen LogP contribution in [0.3, 0.4) is 0 Å². The topological polar surface area (TPSA) is 43.4 Å². The number of hydrogen-bond acceptors (Lipinski definition) is 3. The molecule has 0 amide bonds. The maximum atomic E-state index is 11.3. The summed E-state index contributed by atoms with van der Waals surface area (Å²) in [6.07, 6.45) is 3.94. The highest BCUT2D eigenvalue weighted by Crippen LogP contribution is 2.23. The minimum absolute atomic E-state index is 0.0441. The third-order valence-electron chi connectivity index (χ3n) is 2.15. The first kappa shape index (κ1) is 9.99. The van der Waals surface area contributed by atoms with Crippen LogP contribution in [0, 0.1) is 0 Å². The van der Waals surface area contributed by atoms with Crippen molar-refractivity contribution in [3.63, 3.8) is 0 Å². The van der Waals surface area contributed by atoms with Gasteiger partial charge in [0.15, 0.2) is 0 Å². The van der Waals surface area contributed by atoms with Crippen molar-refractivity contribution in [1.29, 1.82) is 0 Å². The van der Waals surface area contributed by atoms with Crippen LogP contribution in [0.25, 0.3) is 0 Å². The molecular weight excluding hydrogens is 176 g/mol. The molecular formula is C8H16O3S. The van der Waals surface area contributed by atoms with E-state index in [1.54, 1.807) is 13.8 Å². The standard InChI is InChI=1S/C8H16O3S/c1-7(2)12(9,10)11-8-5-3-4-6-8/h7-8H,3-6H2,1-2H3. The summed E-state index contributed by atoms with van der Waals surface area (Å²) in [4.78, 5) is 0. The van der Waals surface area contributed by atoms with E-state index in [-0.39, 0.29) is 6.10 Å². The van der Waals surface area contributed by atoms with E-state index in [9.17, 15) is 8.42 Å². The summed E-state index contributed by atoms with van der Waals surface area (Å²) in [5.41, 5.74) is 0. The van der Waals surface area contributed by atoms with Crippen molar-refractivity contribution in [3.05, 3.63) is 0 Å². The van der Waals surface area contributed by atoms with Crippen molar-refractivity contribution in [1.82, 2.24) is 0 Å². The van der Waals surface area contributed by atoms with Crippen molar-refractivity contribution in [2.24, 2.45) is 0 Å². The molecule has 0 N–H and O–H groups in total. The Labute approximate surface area is 74.2 Å². The van der Waals surface area contributed by atoms with Crippen LogP contribution in [0.4, 0.5) is 0 Å². The van der Waals surface area contributed by atoms with E-state index in [0.717, 1.165) is 25.7 Å². The van der Waals surface area contributed by atoms with Crippen LogP contribution in [-0.4, -0.2) is 19.8 Å². The Kier molecular flexibility index (Phi) is 3.12. The van der Waals surface area contributed by atoms with Gasteiger partial charge in [0.2, 0.25) is 0 Å². The lowest BCUT2D eigenvalue weighted by atomic mass is 10.3. The van der Waals surface area contributed by atoms with Crippen LogP contribution in [0.2, 0.25) is 0 Å². The molecule has 0 radical (unpaired) electrons. The summed E-state index contributed by atoms with van der Waals surface area (Å²) in [6, 6.07) is 0. The van der Waals surface area contributed by atoms with Crippen molar-refractivity contribution < 1.29 is 12.6 Å². The SMILES string of the molecule is CC(C)S(=O)(=O)OC1CCCC1. The van der Waals surface area contributed by atoms with Crippen LogP contribution in [0.15, 0.2) is 0 Å². The van der Waals surface area contributed by atoms with Gasteiger partial charge in [0.25, 0.3) is 10.1 Å². The van der Waals surface area contributed by atoms with Gasteiger partial charge in [-0.05, 0) is 26.7 Å². The fourth-order valence-corrected chi connectivity index (χ4v) is 2.08. The molecule has 1 aliphatic carbocycles. The van der Waals surface area contributed by atoms with Crippen LogP contribution >= 0.6 is 0 Å². The lowest BCUT2D eigenvalue weighted by molar-refractivity contribution is 0.215. The second-order valence-electron chi connectivity index (χ2n) is 3.54. The summed E-state index contributed by atoms with van der Waals surface area (Å²) in [7, 11) is -3.28. The molecule has 12 heavy (non-hydrogen) atoms. The van der Waals surface area contributed by atoms with E-state index in [1.807, 2.05) is 0 Å². The largest absolute Gasteiger partial charge is 0.269 e. The Morgan fingerprint density at radius 2 is 1.75 bits per heavy atom. The van der Waals surface area contributed by atoms with E-state index < -0.39 is 15.4 Å². The van der Waals surface area contributed by atoms with Gasteiger partial charge in [-0.3, -0.25) is 4.18 Å². The Morgan fingerprint density at radius 1 is 1.25 bits per heavy atom. The summed E-state index contributed by atoms with van der Waals surface area (Å²) in [6.45, 7) is 3.29. The Hall–Kier alpha value is -0.0900. The molecule has 1 aliphatic rings. The highest BCUT2D eigenvalue weighted by Gasteiger charge is 2.25. The average molecular weight is 192 g/mol. The summed E-state index contributed by atoms with van der Waals surface area (Å²) >= 11 is 0. The quantitative estimate of drug-likeness (QED) is 0.639. The monoisotopic (exact) mass is 192 g/mol. The molecule has 4 heteroatoms. The normalized spacial score (nSPS) is 20.6. The fraction of sp³-hybridized carbons (Fsp3) is 1.00. The second-order valence-corrected chi connectivity index (χ2v) is 5.67. The van der Waals surface area contributed by atoms with Crippen LogP contribution in [-0.2, 0) is 14.3 Å².